The number of aliphatic hydroxyl groups is 1. The van der Waals surface area contributed by atoms with Crippen molar-refractivity contribution in [2.45, 2.75) is 19.4 Å². The second-order valence-corrected chi connectivity index (χ2v) is 4.84. The molecule has 20 heavy (non-hydrogen) atoms. The average molecular weight is 270 g/mol. The van der Waals surface area contributed by atoms with Crippen LogP contribution in [0.25, 0.3) is 0 Å². The molecule has 2 aromatic carbocycles. The van der Waals surface area contributed by atoms with Crippen LogP contribution >= 0.6 is 0 Å². The fourth-order valence-corrected chi connectivity index (χ4v) is 2.55. The highest BCUT2D eigenvalue weighted by atomic mass is 16.5. The van der Waals surface area contributed by atoms with Crippen molar-refractivity contribution in [1.29, 1.82) is 0 Å². The molecule has 0 saturated heterocycles. The van der Waals surface area contributed by atoms with Gasteiger partial charge in [0.2, 0.25) is 0 Å². The summed E-state index contributed by atoms with van der Waals surface area (Å²) in [5.74, 6) is 1.66. The van der Waals surface area contributed by atoms with E-state index in [-0.39, 0.29) is 0 Å². The summed E-state index contributed by atoms with van der Waals surface area (Å²) < 4.78 is 11.1. The average Bonchev–Trinajstić information content (AvgIpc) is 2.96. The molecule has 0 bridgehead atoms. The van der Waals surface area contributed by atoms with Crippen molar-refractivity contribution < 1.29 is 14.6 Å². The van der Waals surface area contributed by atoms with Gasteiger partial charge in [0.05, 0.1) is 13.2 Å². The molecule has 1 N–H and O–H groups in total. The summed E-state index contributed by atoms with van der Waals surface area (Å²) in [5, 5.41) is 10.6. The Morgan fingerprint density at radius 2 is 2.00 bits per heavy atom. The SMILES string of the molecule is CCOc1ccc(C(O)c2cccc3c2OCC3)cc1. The molecule has 1 aliphatic rings. The number of hydrogen-bond donors (Lipinski definition) is 1. The number of aliphatic hydroxyl groups excluding tert-OH is 1. The van der Waals surface area contributed by atoms with E-state index in [1.54, 1.807) is 0 Å². The van der Waals surface area contributed by atoms with Crippen LogP contribution in [0.2, 0.25) is 0 Å². The van der Waals surface area contributed by atoms with Crippen LogP contribution in [0.4, 0.5) is 0 Å². The molecule has 2 aromatic rings. The quantitative estimate of drug-likeness (QED) is 0.927. The summed E-state index contributed by atoms with van der Waals surface area (Å²) >= 11 is 0. The number of benzene rings is 2. The smallest absolute Gasteiger partial charge is 0.128 e. The highest BCUT2D eigenvalue weighted by molar-refractivity contribution is 5.48. The maximum Gasteiger partial charge on any atom is 0.128 e. The Morgan fingerprint density at radius 3 is 2.75 bits per heavy atom. The minimum absolute atomic E-state index is 0.641. The van der Waals surface area contributed by atoms with Crippen molar-refractivity contribution in [1.82, 2.24) is 0 Å². The number of ether oxygens (including phenoxy) is 2. The summed E-state index contributed by atoms with van der Waals surface area (Å²) in [6.07, 6.45) is 0.248. The molecule has 1 heterocycles. The Morgan fingerprint density at radius 1 is 1.20 bits per heavy atom. The largest absolute Gasteiger partial charge is 0.494 e. The maximum absolute atomic E-state index is 10.6. The van der Waals surface area contributed by atoms with E-state index >= 15 is 0 Å². The van der Waals surface area contributed by atoms with Gasteiger partial charge in [-0.2, -0.15) is 0 Å². The normalized spacial score (nSPS) is 14.5. The molecular weight excluding hydrogens is 252 g/mol. The first-order valence-corrected chi connectivity index (χ1v) is 6.95. The first-order chi connectivity index (χ1) is 9.79. The van der Waals surface area contributed by atoms with Crippen LogP contribution in [0.3, 0.4) is 0 Å². The minimum Gasteiger partial charge on any atom is -0.494 e. The van der Waals surface area contributed by atoms with Crippen molar-refractivity contribution in [3.05, 3.63) is 59.2 Å². The number of para-hydroxylation sites is 1. The molecule has 3 rings (SSSR count). The van der Waals surface area contributed by atoms with Crippen LogP contribution in [-0.4, -0.2) is 18.3 Å². The topological polar surface area (TPSA) is 38.7 Å². The third-order valence-corrected chi connectivity index (χ3v) is 3.55. The molecule has 0 aromatic heterocycles. The number of rotatable bonds is 4. The summed E-state index contributed by atoms with van der Waals surface area (Å²) in [7, 11) is 0. The summed E-state index contributed by atoms with van der Waals surface area (Å²) in [6.45, 7) is 3.29. The Labute approximate surface area is 118 Å². The summed E-state index contributed by atoms with van der Waals surface area (Å²) in [6, 6.07) is 13.5. The lowest BCUT2D eigenvalue weighted by molar-refractivity contribution is 0.213. The predicted octanol–water partition coefficient (Wildman–Crippen LogP) is 3.10. The first-order valence-electron chi connectivity index (χ1n) is 6.95. The van der Waals surface area contributed by atoms with E-state index in [4.69, 9.17) is 9.47 Å². The zero-order valence-electron chi connectivity index (χ0n) is 11.5. The van der Waals surface area contributed by atoms with E-state index in [0.29, 0.717) is 13.2 Å². The van der Waals surface area contributed by atoms with E-state index in [0.717, 1.165) is 29.0 Å². The minimum atomic E-state index is -0.668. The lowest BCUT2D eigenvalue weighted by Gasteiger charge is -2.15. The van der Waals surface area contributed by atoms with Crippen LogP contribution in [0.1, 0.15) is 29.7 Å². The zero-order chi connectivity index (χ0) is 13.9. The van der Waals surface area contributed by atoms with Crippen molar-refractivity contribution in [2.24, 2.45) is 0 Å². The Bertz CT molecular complexity index is 590. The van der Waals surface area contributed by atoms with Gasteiger partial charge in [-0.25, -0.2) is 0 Å². The molecular formula is C17H18O3. The molecule has 3 nitrogen and oxygen atoms in total. The van der Waals surface area contributed by atoms with E-state index in [1.165, 1.54) is 5.56 Å². The Balaban J connectivity index is 1.89. The highest BCUT2D eigenvalue weighted by Gasteiger charge is 2.21. The molecule has 1 unspecified atom stereocenters. The van der Waals surface area contributed by atoms with Crippen LogP contribution in [0, 0.1) is 0 Å². The predicted molar refractivity (Wildman–Crippen MR) is 77.3 cm³/mol. The lowest BCUT2D eigenvalue weighted by atomic mass is 9.98. The van der Waals surface area contributed by atoms with Gasteiger partial charge < -0.3 is 14.6 Å². The molecule has 3 heteroatoms. The van der Waals surface area contributed by atoms with E-state index < -0.39 is 6.10 Å². The van der Waals surface area contributed by atoms with Crippen molar-refractivity contribution in [3.63, 3.8) is 0 Å². The molecule has 0 amide bonds. The molecule has 0 saturated carbocycles. The molecule has 0 radical (unpaired) electrons. The van der Waals surface area contributed by atoms with Crippen molar-refractivity contribution in [3.8, 4) is 11.5 Å². The molecule has 0 fully saturated rings. The molecule has 0 spiro atoms. The van der Waals surface area contributed by atoms with Gasteiger partial charge in [-0.15, -0.1) is 0 Å². The van der Waals surface area contributed by atoms with E-state index in [2.05, 4.69) is 6.07 Å². The fourth-order valence-electron chi connectivity index (χ4n) is 2.55. The number of hydrogen-bond acceptors (Lipinski definition) is 3. The lowest BCUT2D eigenvalue weighted by Crippen LogP contribution is -2.02. The van der Waals surface area contributed by atoms with Crippen LogP contribution in [0.5, 0.6) is 11.5 Å². The first kappa shape index (κ1) is 13.0. The third kappa shape index (κ3) is 2.37. The van der Waals surface area contributed by atoms with Gasteiger partial charge in [-0.3, -0.25) is 0 Å². The second-order valence-electron chi connectivity index (χ2n) is 4.84. The van der Waals surface area contributed by atoms with Gasteiger partial charge in [0.25, 0.3) is 0 Å². The molecule has 1 atom stereocenters. The molecule has 104 valence electrons. The number of fused-ring (bicyclic) bond motifs is 1. The zero-order valence-corrected chi connectivity index (χ0v) is 11.5. The summed E-state index contributed by atoms with van der Waals surface area (Å²) in [4.78, 5) is 0. The van der Waals surface area contributed by atoms with Crippen LogP contribution < -0.4 is 9.47 Å². The van der Waals surface area contributed by atoms with Gasteiger partial charge >= 0.3 is 0 Å². The van der Waals surface area contributed by atoms with Gasteiger partial charge in [-0.05, 0) is 30.2 Å². The van der Waals surface area contributed by atoms with E-state index in [1.807, 2.05) is 43.3 Å². The highest BCUT2D eigenvalue weighted by Crippen LogP contribution is 2.36. The monoisotopic (exact) mass is 270 g/mol. The molecule has 1 aliphatic heterocycles. The van der Waals surface area contributed by atoms with Crippen molar-refractivity contribution >= 4 is 0 Å². The van der Waals surface area contributed by atoms with Gasteiger partial charge in [0.15, 0.2) is 0 Å². The van der Waals surface area contributed by atoms with Crippen molar-refractivity contribution in [2.75, 3.05) is 13.2 Å². The third-order valence-electron chi connectivity index (χ3n) is 3.55. The Hall–Kier alpha value is -2.00. The Kier molecular flexibility index (Phi) is 3.61. The maximum atomic E-state index is 10.6. The van der Waals surface area contributed by atoms with Gasteiger partial charge in [0, 0.05) is 12.0 Å². The fraction of sp³-hybridized carbons (Fsp3) is 0.294. The van der Waals surface area contributed by atoms with Crippen LogP contribution in [-0.2, 0) is 6.42 Å². The molecule has 0 aliphatic carbocycles. The standard InChI is InChI=1S/C17H18O3/c1-2-19-14-8-6-12(7-9-14)16(18)15-5-3-4-13-10-11-20-17(13)15/h3-9,16,18H,2,10-11H2,1H3. The van der Waals surface area contributed by atoms with E-state index in [9.17, 15) is 5.11 Å². The van der Waals surface area contributed by atoms with Gasteiger partial charge in [-0.1, -0.05) is 30.3 Å². The summed E-state index contributed by atoms with van der Waals surface area (Å²) in [5.41, 5.74) is 2.86. The van der Waals surface area contributed by atoms with Crippen LogP contribution in [0.15, 0.2) is 42.5 Å². The second kappa shape index (κ2) is 5.55. The van der Waals surface area contributed by atoms with Gasteiger partial charge in [0.1, 0.15) is 17.6 Å².